The van der Waals surface area contributed by atoms with E-state index in [2.05, 4.69) is 5.32 Å². The van der Waals surface area contributed by atoms with E-state index < -0.39 is 35.7 Å². The van der Waals surface area contributed by atoms with Crippen LogP contribution in [0.25, 0.3) is 0 Å². The second kappa shape index (κ2) is 7.94. The number of carbonyl (C=O) groups is 3. The predicted molar refractivity (Wildman–Crippen MR) is 103 cm³/mol. The average Bonchev–Trinajstić information content (AvgIpc) is 2.89. The molecule has 2 rings (SSSR count). The van der Waals surface area contributed by atoms with Crippen molar-refractivity contribution in [3.8, 4) is 0 Å². The normalized spacial score (nSPS) is 17.3. The topological polar surface area (TPSA) is 95.9 Å². The molecule has 1 aromatic carbocycles. The number of anilines is 1. The molecule has 2 atom stereocenters. The Morgan fingerprint density at radius 1 is 1.30 bits per heavy atom. The molecule has 1 unspecified atom stereocenters. The first kappa shape index (κ1) is 21.3. The van der Waals surface area contributed by atoms with Gasteiger partial charge in [-0.1, -0.05) is 30.1 Å². The average molecular weight is 417 g/mol. The Morgan fingerprint density at radius 2 is 1.89 bits per heavy atom. The van der Waals surface area contributed by atoms with Gasteiger partial charge in [-0.2, -0.15) is 0 Å². The minimum absolute atomic E-state index is 0.107. The van der Waals surface area contributed by atoms with E-state index in [-0.39, 0.29) is 22.9 Å². The molecule has 9 heteroatoms. The van der Waals surface area contributed by atoms with Crippen LogP contribution < -0.4 is 10.2 Å². The van der Waals surface area contributed by atoms with Crippen LogP contribution in [-0.4, -0.2) is 40.8 Å². The van der Waals surface area contributed by atoms with Crippen LogP contribution in [0.1, 0.15) is 39.7 Å². The summed E-state index contributed by atoms with van der Waals surface area (Å²) < 4.78 is 5.19. The first-order chi connectivity index (χ1) is 12.4. The number of fused-ring (bicyclic) bond motifs is 1. The fraction of sp³-hybridized carbons (Fsp3) is 0.500. The van der Waals surface area contributed by atoms with Crippen LogP contribution in [0, 0.1) is 0 Å². The first-order valence-electron chi connectivity index (χ1n) is 8.48. The van der Waals surface area contributed by atoms with Crippen molar-refractivity contribution >= 4 is 46.9 Å². The maximum Gasteiger partial charge on any atom is 0.408 e. The molecular weight excluding hydrogens is 395 g/mol. The number of alkyl carbamates (subject to hydrolysis) is 1. The van der Waals surface area contributed by atoms with Crippen LogP contribution in [0.4, 0.5) is 10.5 Å². The van der Waals surface area contributed by atoms with Crippen molar-refractivity contribution in [1.82, 2.24) is 5.32 Å². The third-order valence-corrected chi connectivity index (χ3v) is 4.75. The van der Waals surface area contributed by atoms with Gasteiger partial charge in [-0.25, -0.2) is 9.59 Å². The number of carboxylic acid groups (broad SMARTS) is 1. The molecule has 0 aromatic heterocycles. The molecule has 2 amide bonds. The third-order valence-electron chi connectivity index (χ3n) is 4.03. The number of rotatable bonds is 4. The van der Waals surface area contributed by atoms with E-state index in [0.717, 1.165) is 4.90 Å². The lowest BCUT2D eigenvalue weighted by atomic mass is 10.1. The van der Waals surface area contributed by atoms with Gasteiger partial charge in [0, 0.05) is 12.1 Å². The number of hydrogen-bond acceptors (Lipinski definition) is 4. The molecule has 148 valence electrons. The van der Waals surface area contributed by atoms with E-state index in [1.165, 1.54) is 6.07 Å². The highest BCUT2D eigenvalue weighted by Gasteiger charge is 2.41. The molecule has 1 aliphatic rings. The zero-order valence-electron chi connectivity index (χ0n) is 15.5. The van der Waals surface area contributed by atoms with Crippen LogP contribution in [0.5, 0.6) is 0 Å². The van der Waals surface area contributed by atoms with E-state index in [1.807, 2.05) is 0 Å². The third kappa shape index (κ3) is 4.84. The van der Waals surface area contributed by atoms with Crippen LogP contribution in [-0.2, 0) is 20.7 Å². The van der Waals surface area contributed by atoms with Gasteiger partial charge in [-0.15, -0.1) is 0 Å². The van der Waals surface area contributed by atoms with Crippen molar-refractivity contribution in [2.24, 2.45) is 0 Å². The van der Waals surface area contributed by atoms with Crippen LogP contribution in [0.2, 0.25) is 10.0 Å². The number of halogens is 2. The lowest BCUT2D eigenvalue weighted by Gasteiger charge is -2.28. The largest absolute Gasteiger partial charge is 0.480 e. The highest BCUT2D eigenvalue weighted by atomic mass is 35.5. The number of nitrogens with zero attached hydrogens (tertiary/aromatic N) is 1. The number of amides is 2. The Balaban J connectivity index is 2.32. The molecule has 0 bridgehead atoms. The van der Waals surface area contributed by atoms with Crippen molar-refractivity contribution in [2.45, 2.75) is 58.2 Å². The molecule has 27 heavy (non-hydrogen) atoms. The molecular formula is C18H22Cl2N2O5. The Bertz CT molecular complexity index is 776. The van der Waals surface area contributed by atoms with Gasteiger partial charge < -0.3 is 15.2 Å². The predicted octanol–water partition coefficient (Wildman–Crippen LogP) is 3.64. The molecule has 1 heterocycles. The Morgan fingerprint density at radius 3 is 2.41 bits per heavy atom. The Kier molecular flexibility index (Phi) is 6.27. The maximum atomic E-state index is 13.1. The van der Waals surface area contributed by atoms with E-state index in [0.29, 0.717) is 11.3 Å². The van der Waals surface area contributed by atoms with Gasteiger partial charge in [0.1, 0.15) is 17.7 Å². The summed E-state index contributed by atoms with van der Waals surface area (Å²) in [6.45, 7) is 6.83. The fourth-order valence-corrected chi connectivity index (χ4v) is 3.20. The van der Waals surface area contributed by atoms with Crippen molar-refractivity contribution in [2.75, 3.05) is 4.90 Å². The number of aliphatic carboxylic acids is 1. The zero-order chi connectivity index (χ0) is 20.5. The number of hydrogen-bond donors (Lipinski definition) is 2. The summed E-state index contributed by atoms with van der Waals surface area (Å²) in [6, 6.07) is 0.990. The van der Waals surface area contributed by atoms with Gasteiger partial charge in [0.15, 0.2) is 0 Å². The number of nitrogens with one attached hydrogen (secondary N) is 1. The van der Waals surface area contributed by atoms with E-state index in [4.69, 9.17) is 27.9 Å². The first-order valence-corrected chi connectivity index (χ1v) is 9.23. The van der Waals surface area contributed by atoms with E-state index in [1.54, 1.807) is 33.8 Å². The van der Waals surface area contributed by atoms with Gasteiger partial charge in [0.05, 0.1) is 10.0 Å². The molecule has 1 aliphatic heterocycles. The van der Waals surface area contributed by atoms with Gasteiger partial charge in [-0.3, -0.25) is 9.69 Å². The van der Waals surface area contributed by atoms with Gasteiger partial charge in [-0.05, 0) is 44.9 Å². The Labute approximate surface area is 167 Å². The van der Waals surface area contributed by atoms with Crippen molar-refractivity contribution in [3.05, 3.63) is 27.7 Å². The highest BCUT2D eigenvalue weighted by Crippen LogP contribution is 2.38. The van der Waals surface area contributed by atoms with Gasteiger partial charge >= 0.3 is 12.1 Å². The summed E-state index contributed by atoms with van der Waals surface area (Å²) >= 11 is 12.1. The lowest BCUT2D eigenvalue weighted by Crippen LogP contribution is -2.53. The standard InChI is InChI=1S/C18H22Cl2N2O5/c1-5-12(21-17(26)27-18(2,3)4)15(23)22-13-8-11(20)10(19)6-9(13)7-14(22)16(24)25/h6,8,12,14H,5,7H2,1-4H3,(H,21,26)(H,24,25)/t12-,14?/m0/s1. The molecule has 0 aliphatic carbocycles. The van der Waals surface area contributed by atoms with Crippen molar-refractivity contribution < 1.29 is 24.2 Å². The highest BCUT2D eigenvalue weighted by molar-refractivity contribution is 6.42. The molecule has 0 fully saturated rings. The fourth-order valence-electron chi connectivity index (χ4n) is 2.86. The summed E-state index contributed by atoms with van der Waals surface area (Å²) in [4.78, 5) is 38.0. The smallest absolute Gasteiger partial charge is 0.408 e. The Hall–Kier alpha value is -1.99. The monoisotopic (exact) mass is 416 g/mol. The SMILES string of the molecule is CC[C@H](NC(=O)OC(C)(C)C)C(=O)N1c2cc(Cl)c(Cl)cc2CC1C(=O)O. The summed E-state index contributed by atoms with van der Waals surface area (Å²) in [7, 11) is 0. The van der Waals surface area contributed by atoms with Crippen LogP contribution >= 0.6 is 23.2 Å². The number of ether oxygens (including phenoxy) is 1. The van der Waals surface area contributed by atoms with Crippen LogP contribution in [0.3, 0.4) is 0 Å². The van der Waals surface area contributed by atoms with Crippen molar-refractivity contribution in [3.63, 3.8) is 0 Å². The molecule has 0 radical (unpaired) electrons. The van der Waals surface area contributed by atoms with Gasteiger partial charge in [0.25, 0.3) is 5.91 Å². The minimum Gasteiger partial charge on any atom is -0.480 e. The summed E-state index contributed by atoms with van der Waals surface area (Å²) in [5.41, 5.74) is 0.267. The second-order valence-electron chi connectivity index (χ2n) is 7.27. The zero-order valence-corrected chi connectivity index (χ0v) is 17.0. The van der Waals surface area contributed by atoms with E-state index >= 15 is 0 Å². The number of benzene rings is 1. The maximum absolute atomic E-state index is 13.1. The minimum atomic E-state index is -1.15. The molecule has 7 nitrogen and oxygen atoms in total. The number of carboxylic acids is 1. The molecule has 2 N–H and O–H groups in total. The van der Waals surface area contributed by atoms with Crippen molar-refractivity contribution in [1.29, 1.82) is 0 Å². The molecule has 0 spiro atoms. The summed E-state index contributed by atoms with van der Waals surface area (Å²) in [5, 5.41) is 12.6. The summed E-state index contributed by atoms with van der Waals surface area (Å²) in [6.07, 6.45) is -0.378. The second-order valence-corrected chi connectivity index (χ2v) is 8.08. The quantitative estimate of drug-likeness (QED) is 0.780. The van der Waals surface area contributed by atoms with Crippen LogP contribution in [0.15, 0.2) is 12.1 Å². The molecule has 1 aromatic rings. The molecule has 0 saturated carbocycles. The van der Waals surface area contributed by atoms with Gasteiger partial charge in [0.2, 0.25) is 0 Å². The molecule has 0 saturated heterocycles. The van der Waals surface area contributed by atoms with E-state index in [9.17, 15) is 19.5 Å². The summed E-state index contributed by atoms with van der Waals surface area (Å²) in [5.74, 6) is -1.70. The lowest BCUT2D eigenvalue weighted by molar-refractivity contribution is -0.140. The number of carbonyl (C=O) groups excluding carboxylic acids is 2.